The molecule has 0 aliphatic carbocycles. The summed E-state index contributed by atoms with van der Waals surface area (Å²) in [5.74, 6) is -0.769. The zero-order chi connectivity index (χ0) is 12.1. The maximum Gasteiger partial charge on any atom is 0.260 e. The Bertz CT molecular complexity index is 382. The number of likely N-dealkylation sites (N-methyl/N-ethyl adjacent to an activating group) is 1. The first-order valence-electron chi connectivity index (χ1n) is 4.95. The van der Waals surface area contributed by atoms with Crippen LogP contribution in [0.1, 0.15) is 12.5 Å². The summed E-state index contributed by atoms with van der Waals surface area (Å²) in [7, 11) is 1.50. The van der Waals surface area contributed by atoms with Crippen LogP contribution in [-0.4, -0.2) is 19.1 Å². The van der Waals surface area contributed by atoms with Crippen LogP contribution in [0.2, 0.25) is 0 Å². The molecular formula is C11H15FN2O2. The Balaban J connectivity index is 2.78. The molecule has 0 saturated heterocycles. The van der Waals surface area contributed by atoms with Gasteiger partial charge in [0, 0.05) is 13.6 Å². The highest BCUT2D eigenvalue weighted by atomic mass is 19.1. The van der Waals surface area contributed by atoms with Crippen molar-refractivity contribution in [3.63, 3.8) is 0 Å². The van der Waals surface area contributed by atoms with Crippen molar-refractivity contribution in [1.82, 2.24) is 5.32 Å². The summed E-state index contributed by atoms with van der Waals surface area (Å²) in [5, 5.41) is 2.42. The fraction of sp³-hybridized carbons (Fsp3) is 0.364. The number of ether oxygens (including phenoxy) is 1. The van der Waals surface area contributed by atoms with E-state index in [1.54, 1.807) is 13.0 Å². The van der Waals surface area contributed by atoms with E-state index in [1.165, 1.54) is 19.2 Å². The first-order valence-corrected chi connectivity index (χ1v) is 4.95. The Hall–Kier alpha value is -1.62. The predicted molar refractivity (Wildman–Crippen MR) is 58.4 cm³/mol. The fourth-order valence-electron chi connectivity index (χ4n) is 1.21. The number of amides is 1. The lowest BCUT2D eigenvalue weighted by Crippen LogP contribution is -2.33. The molecule has 4 nitrogen and oxygen atoms in total. The number of carbonyl (C=O) groups excluding carboxylic acids is 1. The normalized spacial score (nSPS) is 12.0. The SMILES string of the molecule is CNC(=O)C(C)Oc1ccc(CN)cc1F. The van der Waals surface area contributed by atoms with E-state index in [-0.39, 0.29) is 18.2 Å². The predicted octanol–water partition coefficient (Wildman–Crippen LogP) is 0.798. The van der Waals surface area contributed by atoms with Crippen LogP contribution in [-0.2, 0) is 11.3 Å². The van der Waals surface area contributed by atoms with E-state index in [9.17, 15) is 9.18 Å². The maximum absolute atomic E-state index is 13.5. The van der Waals surface area contributed by atoms with Crippen molar-refractivity contribution in [3.05, 3.63) is 29.6 Å². The summed E-state index contributed by atoms with van der Waals surface area (Å²) in [5.41, 5.74) is 6.05. The standard InChI is InChI=1S/C11H15FN2O2/c1-7(11(15)14-2)16-10-4-3-8(6-13)5-9(10)12/h3-5,7H,6,13H2,1-2H3,(H,14,15). The summed E-state index contributed by atoms with van der Waals surface area (Å²) in [6.45, 7) is 1.82. The number of rotatable bonds is 4. The molecule has 0 aromatic heterocycles. The molecule has 0 spiro atoms. The number of nitrogens with two attached hydrogens (primary N) is 1. The zero-order valence-electron chi connectivity index (χ0n) is 9.29. The molecule has 88 valence electrons. The Morgan fingerprint density at radius 3 is 2.81 bits per heavy atom. The number of nitrogens with one attached hydrogen (secondary N) is 1. The van der Waals surface area contributed by atoms with Gasteiger partial charge in [-0.05, 0) is 24.6 Å². The average molecular weight is 226 g/mol. The van der Waals surface area contributed by atoms with Gasteiger partial charge in [-0.1, -0.05) is 6.07 Å². The molecular weight excluding hydrogens is 211 g/mol. The zero-order valence-corrected chi connectivity index (χ0v) is 9.29. The van der Waals surface area contributed by atoms with Crippen LogP contribution in [0.15, 0.2) is 18.2 Å². The summed E-state index contributed by atoms with van der Waals surface area (Å²) in [4.78, 5) is 11.2. The van der Waals surface area contributed by atoms with Gasteiger partial charge in [0.1, 0.15) is 0 Å². The van der Waals surface area contributed by atoms with Gasteiger partial charge in [-0.2, -0.15) is 0 Å². The molecule has 0 bridgehead atoms. The lowest BCUT2D eigenvalue weighted by Gasteiger charge is -2.13. The Kier molecular flexibility index (Phi) is 4.25. The Labute approximate surface area is 93.6 Å². The van der Waals surface area contributed by atoms with Gasteiger partial charge in [-0.25, -0.2) is 4.39 Å². The number of benzene rings is 1. The number of halogens is 1. The number of carbonyl (C=O) groups is 1. The molecule has 0 saturated carbocycles. The van der Waals surface area contributed by atoms with Crippen LogP contribution in [0.25, 0.3) is 0 Å². The third-order valence-corrected chi connectivity index (χ3v) is 2.15. The van der Waals surface area contributed by atoms with Gasteiger partial charge < -0.3 is 15.8 Å². The minimum absolute atomic E-state index is 0.0494. The monoisotopic (exact) mass is 226 g/mol. The van der Waals surface area contributed by atoms with E-state index < -0.39 is 11.9 Å². The minimum Gasteiger partial charge on any atom is -0.478 e. The van der Waals surface area contributed by atoms with Crippen molar-refractivity contribution in [2.24, 2.45) is 5.73 Å². The molecule has 0 heterocycles. The van der Waals surface area contributed by atoms with E-state index in [1.807, 2.05) is 0 Å². The highest BCUT2D eigenvalue weighted by Crippen LogP contribution is 2.19. The van der Waals surface area contributed by atoms with Crippen LogP contribution in [0.4, 0.5) is 4.39 Å². The molecule has 5 heteroatoms. The van der Waals surface area contributed by atoms with Crippen molar-refractivity contribution in [2.45, 2.75) is 19.6 Å². The van der Waals surface area contributed by atoms with Crippen LogP contribution in [0.5, 0.6) is 5.75 Å². The first kappa shape index (κ1) is 12.4. The summed E-state index contributed by atoms with van der Waals surface area (Å²) in [6, 6.07) is 4.43. The second-order valence-corrected chi connectivity index (χ2v) is 3.34. The van der Waals surface area contributed by atoms with Crippen LogP contribution in [0, 0.1) is 5.82 Å². The van der Waals surface area contributed by atoms with E-state index >= 15 is 0 Å². The molecule has 0 fully saturated rings. The van der Waals surface area contributed by atoms with E-state index in [2.05, 4.69) is 5.32 Å². The first-order chi connectivity index (χ1) is 7.58. The highest BCUT2D eigenvalue weighted by molar-refractivity contribution is 5.80. The molecule has 1 rings (SSSR count). The van der Waals surface area contributed by atoms with Gasteiger partial charge in [0.15, 0.2) is 17.7 Å². The van der Waals surface area contributed by atoms with Crippen LogP contribution >= 0.6 is 0 Å². The van der Waals surface area contributed by atoms with Gasteiger partial charge in [0.25, 0.3) is 5.91 Å². The second-order valence-electron chi connectivity index (χ2n) is 3.34. The molecule has 1 unspecified atom stereocenters. The van der Waals surface area contributed by atoms with Crippen LogP contribution in [0.3, 0.4) is 0 Å². The molecule has 1 aromatic carbocycles. The van der Waals surface area contributed by atoms with Gasteiger partial charge >= 0.3 is 0 Å². The van der Waals surface area contributed by atoms with Crippen molar-refractivity contribution in [1.29, 1.82) is 0 Å². The molecule has 1 atom stereocenters. The smallest absolute Gasteiger partial charge is 0.260 e. The number of hydrogen-bond acceptors (Lipinski definition) is 3. The van der Waals surface area contributed by atoms with Crippen LogP contribution < -0.4 is 15.8 Å². The molecule has 1 aromatic rings. The van der Waals surface area contributed by atoms with E-state index in [4.69, 9.17) is 10.5 Å². The topological polar surface area (TPSA) is 64.3 Å². The van der Waals surface area contributed by atoms with E-state index in [0.717, 1.165) is 0 Å². The Morgan fingerprint density at radius 2 is 2.31 bits per heavy atom. The summed E-state index contributed by atoms with van der Waals surface area (Å²) in [6.07, 6.45) is -0.733. The summed E-state index contributed by atoms with van der Waals surface area (Å²) < 4.78 is 18.6. The molecule has 0 aliphatic heterocycles. The lowest BCUT2D eigenvalue weighted by atomic mass is 10.2. The van der Waals surface area contributed by atoms with Crippen molar-refractivity contribution >= 4 is 5.91 Å². The quantitative estimate of drug-likeness (QED) is 0.798. The van der Waals surface area contributed by atoms with Gasteiger partial charge in [-0.3, -0.25) is 4.79 Å². The second kappa shape index (κ2) is 5.46. The molecule has 0 aliphatic rings. The third-order valence-electron chi connectivity index (χ3n) is 2.15. The summed E-state index contributed by atoms with van der Waals surface area (Å²) >= 11 is 0. The van der Waals surface area contributed by atoms with Crippen molar-refractivity contribution < 1.29 is 13.9 Å². The number of hydrogen-bond donors (Lipinski definition) is 2. The van der Waals surface area contributed by atoms with Gasteiger partial charge in [-0.15, -0.1) is 0 Å². The lowest BCUT2D eigenvalue weighted by molar-refractivity contribution is -0.126. The van der Waals surface area contributed by atoms with Crippen molar-refractivity contribution in [3.8, 4) is 5.75 Å². The molecule has 0 radical (unpaired) electrons. The fourth-order valence-corrected chi connectivity index (χ4v) is 1.21. The van der Waals surface area contributed by atoms with Crippen molar-refractivity contribution in [2.75, 3.05) is 7.05 Å². The molecule has 16 heavy (non-hydrogen) atoms. The van der Waals surface area contributed by atoms with Gasteiger partial charge in [0.2, 0.25) is 0 Å². The van der Waals surface area contributed by atoms with E-state index in [0.29, 0.717) is 5.56 Å². The maximum atomic E-state index is 13.5. The highest BCUT2D eigenvalue weighted by Gasteiger charge is 2.14. The Morgan fingerprint density at radius 1 is 1.62 bits per heavy atom. The minimum atomic E-state index is -0.733. The molecule has 3 N–H and O–H groups in total. The third kappa shape index (κ3) is 2.93. The largest absolute Gasteiger partial charge is 0.478 e. The molecule has 1 amide bonds. The van der Waals surface area contributed by atoms with Gasteiger partial charge in [0.05, 0.1) is 0 Å². The average Bonchev–Trinajstić information content (AvgIpc) is 2.30.